The Kier molecular flexibility index (Phi) is 1.66. The molecule has 0 amide bonds. The fourth-order valence-corrected chi connectivity index (χ4v) is 2.31. The van der Waals surface area contributed by atoms with E-state index in [1.807, 2.05) is 0 Å². The summed E-state index contributed by atoms with van der Waals surface area (Å²) in [4.78, 5) is 22.6. The Morgan fingerprint density at radius 1 is 1.43 bits per heavy atom. The molecule has 0 aliphatic heterocycles. The number of aromatic amines is 1. The molecule has 1 aliphatic carbocycles. The van der Waals surface area contributed by atoms with Crippen LogP contribution >= 0.6 is 22.9 Å². The number of fused-ring (bicyclic) bond motifs is 1. The van der Waals surface area contributed by atoms with Crippen LogP contribution in [0.5, 0.6) is 0 Å². The number of H-pyrrole nitrogens is 1. The molecular weight excluding hydrogens is 222 g/mol. The Morgan fingerprint density at radius 2 is 2.21 bits per heavy atom. The monoisotopic (exact) mass is 227 g/mol. The minimum Gasteiger partial charge on any atom is -0.309 e. The van der Waals surface area contributed by atoms with Crippen LogP contribution in [0.2, 0.25) is 4.47 Å². The Morgan fingerprint density at radius 3 is 2.93 bits per heavy atom. The predicted octanol–water partition coefficient (Wildman–Crippen LogP) is 1.91. The number of hydrogen-bond donors (Lipinski definition) is 1. The molecule has 72 valence electrons. The van der Waals surface area contributed by atoms with Gasteiger partial charge in [-0.2, -0.15) is 0 Å². The second-order valence-corrected chi connectivity index (χ2v) is 4.93. The van der Waals surface area contributed by atoms with Crippen LogP contribution in [0.15, 0.2) is 4.79 Å². The molecule has 1 saturated carbocycles. The van der Waals surface area contributed by atoms with Crippen molar-refractivity contribution >= 4 is 33.3 Å². The average molecular weight is 228 g/mol. The van der Waals surface area contributed by atoms with Gasteiger partial charge in [-0.1, -0.05) is 22.9 Å². The zero-order valence-electron chi connectivity index (χ0n) is 7.08. The van der Waals surface area contributed by atoms with Crippen LogP contribution in [0.1, 0.15) is 24.6 Å². The van der Waals surface area contributed by atoms with Crippen LogP contribution in [0.3, 0.4) is 0 Å². The highest BCUT2D eigenvalue weighted by Crippen LogP contribution is 2.38. The van der Waals surface area contributed by atoms with Crippen LogP contribution in [0.4, 0.5) is 0 Å². The largest absolute Gasteiger partial charge is 0.309 e. The van der Waals surface area contributed by atoms with Gasteiger partial charge in [0.15, 0.2) is 10.1 Å². The third-order valence-corrected chi connectivity index (χ3v) is 3.37. The van der Waals surface area contributed by atoms with E-state index in [1.165, 1.54) is 11.3 Å². The van der Waals surface area contributed by atoms with Gasteiger partial charge in [-0.3, -0.25) is 4.79 Å². The second-order valence-electron chi connectivity index (χ2n) is 3.34. The lowest BCUT2D eigenvalue weighted by Crippen LogP contribution is -2.09. The van der Waals surface area contributed by atoms with Crippen LogP contribution < -0.4 is 5.56 Å². The van der Waals surface area contributed by atoms with Gasteiger partial charge >= 0.3 is 0 Å². The minimum atomic E-state index is -0.124. The maximum atomic E-state index is 11.6. The third kappa shape index (κ3) is 1.24. The first-order valence-corrected chi connectivity index (χ1v) is 5.50. The molecule has 0 saturated heterocycles. The minimum absolute atomic E-state index is 0.124. The van der Waals surface area contributed by atoms with Gasteiger partial charge in [-0.05, 0) is 12.8 Å². The first-order chi connectivity index (χ1) is 6.74. The molecule has 0 bridgehead atoms. The number of nitrogens with one attached hydrogen (secondary N) is 1. The summed E-state index contributed by atoms with van der Waals surface area (Å²) in [6.07, 6.45) is 2.21. The molecule has 0 unspecified atom stereocenters. The molecule has 3 rings (SSSR count). The Balaban J connectivity index is 2.32. The molecule has 2 aromatic heterocycles. The molecule has 0 atom stereocenters. The van der Waals surface area contributed by atoms with Crippen molar-refractivity contribution in [2.45, 2.75) is 18.8 Å². The van der Waals surface area contributed by atoms with Crippen LogP contribution in [0, 0.1) is 0 Å². The summed E-state index contributed by atoms with van der Waals surface area (Å²) < 4.78 is 0.880. The molecule has 6 heteroatoms. The third-order valence-electron chi connectivity index (χ3n) is 2.22. The Labute approximate surface area is 88.0 Å². The number of aromatic nitrogens is 3. The molecule has 14 heavy (non-hydrogen) atoms. The van der Waals surface area contributed by atoms with Gasteiger partial charge in [-0.15, -0.1) is 0 Å². The molecule has 1 fully saturated rings. The Hall–Kier alpha value is -0.940. The number of hydrogen-bond acceptors (Lipinski definition) is 4. The van der Waals surface area contributed by atoms with Gasteiger partial charge in [0, 0.05) is 5.92 Å². The van der Waals surface area contributed by atoms with E-state index in [2.05, 4.69) is 15.0 Å². The van der Waals surface area contributed by atoms with E-state index < -0.39 is 0 Å². The van der Waals surface area contributed by atoms with Gasteiger partial charge in [0.05, 0.1) is 0 Å². The van der Waals surface area contributed by atoms with Crippen molar-refractivity contribution in [3.05, 3.63) is 20.6 Å². The number of thiazole rings is 1. The topological polar surface area (TPSA) is 58.6 Å². The molecule has 4 nitrogen and oxygen atoms in total. The lowest BCUT2D eigenvalue weighted by atomic mass is 10.4. The predicted molar refractivity (Wildman–Crippen MR) is 55.0 cm³/mol. The first-order valence-electron chi connectivity index (χ1n) is 4.30. The maximum Gasteiger partial charge on any atom is 0.270 e. The van der Waals surface area contributed by atoms with Crippen molar-refractivity contribution in [1.29, 1.82) is 0 Å². The maximum absolute atomic E-state index is 11.6. The quantitative estimate of drug-likeness (QED) is 0.810. The van der Waals surface area contributed by atoms with E-state index in [9.17, 15) is 4.79 Å². The average Bonchev–Trinajstić information content (AvgIpc) is 2.89. The summed E-state index contributed by atoms with van der Waals surface area (Å²) in [5.74, 6) is 1.18. The number of halogens is 1. The summed E-state index contributed by atoms with van der Waals surface area (Å²) in [6, 6.07) is 0. The van der Waals surface area contributed by atoms with Crippen LogP contribution in [-0.4, -0.2) is 15.0 Å². The van der Waals surface area contributed by atoms with E-state index in [4.69, 9.17) is 11.6 Å². The fourth-order valence-electron chi connectivity index (χ4n) is 1.38. The molecule has 0 aromatic carbocycles. The van der Waals surface area contributed by atoms with E-state index in [0.29, 0.717) is 20.7 Å². The summed E-state index contributed by atoms with van der Waals surface area (Å²) in [5, 5.41) is 0. The van der Waals surface area contributed by atoms with Gasteiger partial charge in [0.2, 0.25) is 0 Å². The first kappa shape index (κ1) is 8.38. The van der Waals surface area contributed by atoms with E-state index in [-0.39, 0.29) is 5.56 Å². The zero-order valence-corrected chi connectivity index (χ0v) is 8.65. The van der Waals surface area contributed by atoms with E-state index in [0.717, 1.165) is 18.7 Å². The fraction of sp³-hybridized carbons (Fsp3) is 0.375. The van der Waals surface area contributed by atoms with Crippen molar-refractivity contribution in [3.63, 3.8) is 0 Å². The standard InChI is InChI=1S/C8H6ClN3OS/c9-8-12-6-4(14-8)7(13)11-5(10-6)3-1-2-3/h3H,1-2H2,(H,10,11,13). The highest BCUT2D eigenvalue weighted by Gasteiger charge is 2.27. The molecule has 0 spiro atoms. The SMILES string of the molecule is O=c1[nH]c(C2CC2)nc2nc(Cl)sc12. The van der Waals surface area contributed by atoms with Gasteiger partial charge in [0.25, 0.3) is 5.56 Å². The van der Waals surface area contributed by atoms with Crippen molar-refractivity contribution in [3.8, 4) is 0 Å². The molecular formula is C8H6ClN3OS. The van der Waals surface area contributed by atoms with Gasteiger partial charge < -0.3 is 4.98 Å². The molecule has 2 aromatic rings. The van der Waals surface area contributed by atoms with E-state index >= 15 is 0 Å². The van der Waals surface area contributed by atoms with Crippen molar-refractivity contribution in [2.75, 3.05) is 0 Å². The van der Waals surface area contributed by atoms with Crippen LogP contribution in [-0.2, 0) is 0 Å². The molecule has 2 heterocycles. The highest BCUT2D eigenvalue weighted by molar-refractivity contribution is 7.21. The summed E-state index contributed by atoms with van der Waals surface area (Å²) in [6.45, 7) is 0. The highest BCUT2D eigenvalue weighted by atomic mass is 35.5. The molecule has 1 aliphatic rings. The van der Waals surface area contributed by atoms with Gasteiger partial charge in [-0.25, -0.2) is 9.97 Å². The Bertz CT molecular complexity index is 557. The van der Waals surface area contributed by atoms with Crippen molar-refractivity contribution in [2.24, 2.45) is 0 Å². The normalized spacial score (nSPS) is 16.4. The van der Waals surface area contributed by atoms with Crippen LogP contribution in [0.25, 0.3) is 10.3 Å². The second kappa shape index (κ2) is 2.77. The number of rotatable bonds is 1. The van der Waals surface area contributed by atoms with Gasteiger partial charge in [0.1, 0.15) is 10.5 Å². The zero-order chi connectivity index (χ0) is 9.71. The van der Waals surface area contributed by atoms with Crippen molar-refractivity contribution in [1.82, 2.24) is 15.0 Å². The smallest absolute Gasteiger partial charge is 0.270 e. The number of nitrogens with zero attached hydrogens (tertiary/aromatic N) is 2. The van der Waals surface area contributed by atoms with Crippen molar-refractivity contribution < 1.29 is 0 Å². The summed E-state index contributed by atoms with van der Waals surface area (Å²) in [5.41, 5.74) is 0.354. The van der Waals surface area contributed by atoms with E-state index in [1.54, 1.807) is 0 Å². The lowest BCUT2D eigenvalue weighted by Gasteiger charge is -1.94. The summed E-state index contributed by atoms with van der Waals surface area (Å²) >= 11 is 6.88. The lowest BCUT2D eigenvalue weighted by molar-refractivity contribution is 0.928. The molecule has 0 radical (unpaired) electrons. The summed E-state index contributed by atoms with van der Waals surface area (Å²) in [7, 11) is 0. The molecule has 1 N–H and O–H groups in total.